The summed E-state index contributed by atoms with van der Waals surface area (Å²) in [6.07, 6.45) is 0.789. The van der Waals surface area contributed by atoms with Gasteiger partial charge in [-0.1, -0.05) is 12.1 Å². The number of nitrogens with one attached hydrogen (secondary N) is 1. The second-order valence-corrected chi connectivity index (χ2v) is 5.78. The first-order valence-corrected chi connectivity index (χ1v) is 7.54. The lowest BCUT2D eigenvalue weighted by Gasteiger charge is -2.25. The van der Waals surface area contributed by atoms with Gasteiger partial charge in [-0.3, -0.25) is 4.79 Å². The van der Waals surface area contributed by atoms with E-state index in [1.54, 1.807) is 19.1 Å². The highest BCUT2D eigenvalue weighted by Crippen LogP contribution is 2.32. The molecule has 0 unspecified atom stereocenters. The average Bonchev–Trinajstić information content (AvgIpc) is 2.92. The van der Waals surface area contributed by atoms with Crippen LogP contribution in [0.25, 0.3) is 22.3 Å². The van der Waals surface area contributed by atoms with Crippen molar-refractivity contribution in [3.63, 3.8) is 0 Å². The first-order chi connectivity index (χ1) is 11.1. The molecule has 0 atom stereocenters. The van der Waals surface area contributed by atoms with Crippen molar-refractivity contribution in [2.45, 2.75) is 19.9 Å². The lowest BCUT2D eigenvalue weighted by molar-refractivity contribution is -0.129. The Balaban J connectivity index is 1.85. The van der Waals surface area contributed by atoms with Crippen LogP contribution in [-0.4, -0.2) is 37.6 Å². The Bertz CT molecular complexity index is 916. The molecule has 0 aliphatic carbocycles. The summed E-state index contributed by atoms with van der Waals surface area (Å²) < 4.78 is 0. The van der Waals surface area contributed by atoms with Crippen LogP contribution in [0.2, 0.25) is 0 Å². The Kier molecular flexibility index (Phi) is 3.04. The second kappa shape index (κ2) is 5.08. The zero-order valence-corrected chi connectivity index (χ0v) is 12.7. The Morgan fingerprint density at radius 2 is 2.13 bits per heavy atom. The van der Waals surface area contributed by atoms with Gasteiger partial charge in [-0.2, -0.15) is 0 Å². The molecule has 1 aliphatic rings. The van der Waals surface area contributed by atoms with Crippen molar-refractivity contribution in [2.75, 3.05) is 6.54 Å². The van der Waals surface area contributed by atoms with E-state index in [-0.39, 0.29) is 11.7 Å². The third kappa shape index (κ3) is 2.23. The van der Waals surface area contributed by atoms with Crippen LogP contribution in [0.5, 0.6) is 5.75 Å². The Hall–Kier alpha value is -2.89. The van der Waals surface area contributed by atoms with Crippen molar-refractivity contribution in [3.8, 4) is 17.0 Å². The van der Waals surface area contributed by atoms with E-state index in [9.17, 15) is 9.90 Å². The number of carbonyl (C=O) groups excluding carboxylic acids is 1. The predicted molar refractivity (Wildman–Crippen MR) is 85.8 cm³/mol. The quantitative estimate of drug-likeness (QED) is 0.722. The molecule has 1 aromatic carbocycles. The van der Waals surface area contributed by atoms with Crippen LogP contribution < -0.4 is 0 Å². The summed E-state index contributed by atoms with van der Waals surface area (Å²) in [6.45, 7) is 2.89. The molecule has 3 aromatic rings. The molecule has 3 heterocycles. The number of hydrogen-bond donors (Lipinski definition) is 2. The fraction of sp³-hybridized carbons (Fsp3) is 0.235. The number of amides is 1. The summed E-state index contributed by atoms with van der Waals surface area (Å²) in [5.41, 5.74) is 4.20. The van der Waals surface area contributed by atoms with E-state index >= 15 is 0 Å². The number of benzene rings is 1. The number of phenols is 1. The van der Waals surface area contributed by atoms with Gasteiger partial charge in [-0.25, -0.2) is 0 Å². The van der Waals surface area contributed by atoms with Gasteiger partial charge in [0, 0.05) is 48.6 Å². The summed E-state index contributed by atoms with van der Waals surface area (Å²) in [6, 6.07) is 8.99. The minimum absolute atomic E-state index is 0.0768. The third-order valence-electron chi connectivity index (χ3n) is 4.36. The van der Waals surface area contributed by atoms with Gasteiger partial charge >= 0.3 is 0 Å². The lowest BCUT2D eigenvalue weighted by atomic mass is 10.0. The van der Waals surface area contributed by atoms with E-state index in [0.717, 1.165) is 35.3 Å². The average molecular weight is 308 g/mol. The molecular weight excluding hydrogens is 292 g/mol. The van der Waals surface area contributed by atoms with Crippen molar-refractivity contribution < 1.29 is 9.90 Å². The highest BCUT2D eigenvalue weighted by atomic mass is 16.3. The highest BCUT2D eigenvalue weighted by molar-refractivity contribution is 5.86. The van der Waals surface area contributed by atoms with Crippen molar-refractivity contribution in [1.29, 1.82) is 0 Å². The molecular formula is C17H16N4O2. The normalized spacial score (nSPS) is 14.0. The zero-order valence-electron chi connectivity index (χ0n) is 12.7. The number of carbonyl (C=O) groups is 1. The van der Waals surface area contributed by atoms with Gasteiger partial charge in [0.05, 0.1) is 5.69 Å². The SMILES string of the molecule is CC(=O)N1CCc2[nH]c3nnc(-c4ccccc4O)cc3c2C1. The van der Waals surface area contributed by atoms with Gasteiger partial charge in [-0.15, -0.1) is 10.2 Å². The molecule has 1 aliphatic heterocycles. The second-order valence-electron chi connectivity index (χ2n) is 5.78. The van der Waals surface area contributed by atoms with Gasteiger partial charge in [0.15, 0.2) is 5.65 Å². The monoisotopic (exact) mass is 308 g/mol. The number of phenolic OH excluding ortho intramolecular Hbond substituents is 1. The minimum Gasteiger partial charge on any atom is -0.507 e. The maximum Gasteiger partial charge on any atom is 0.219 e. The number of para-hydroxylation sites is 1. The molecule has 4 rings (SSSR count). The van der Waals surface area contributed by atoms with E-state index < -0.39 is 0 Å². The molecule has 23 heavy (non-hydrogen) atoms. The molecule has 6 heteroatoms. The predicted octanol–water partition coefficient (Wildman–Crippen LogP) is 2.24. The smallest absolute Gasteiger partial charge is 0.219 e. The molecule has 0 spiro atoms. The van der Waals surface area contributed by atoms with Crippen molar-refractivity contribution in [2.24, 2.45) is 0 Å². The van der Waals surface area contributed by atoms with Gasteiger partial charge < -0.3 is 15.0 Å². The number of rotatable bonds is 1. The van der Waals surface area contributed by atoms with Crippen LogP contribution in [0.1, 0.15) is 18.2 Å². The van der Waals surface area contributed by atoms with Crippen LogP contribution in [0, 0.1) is 0 Å². The van der Waals surface area contributed by atoms with Crippen LogP contribution in [0.3, 0.4) is 0 Å². The van der Waals surface area contributed by atoms with Crippen LogP contribution in [-0.2, 0) is 17.8 Å². The zero-order chi connectivity index (χ0) is 16.0. The van der Waals surface area contributed by atoms with Gasteiger partial charge in [0.2, 0.25) is 5.91 Å². The molecule has 0 radical (unpaired) electrons. The fourth-order valence-electron chi connectivity index (χ4n) is 3.10. The molecule has 2 N–H and O–H groups in total. The Morgan fingerprint density at radius 3 is 2.91 bits per heavy atom. The summed E-state index contributed by atoms with van der Waals surface area (Å²) in [5.74, 6) is 0.254. The van der Waals surface area contributed by atoms with E-state index in [0.29, 0.717) is 17.8 Å². The number of aromatic nitrogens is 3. The third-order valence-corrected chi connectivity index (χ3v) is 4.36. The van der Waals surface area contributed by atoms with Crippen LogP contribution in [0.4, 0.5) is 0 Å². The largest absolute Gasteiger partial charge is 0.507 e. The number of nitrogens with zero attached hydrogens (tertiary/aromatic N) is 3. The first-order valence-electron chi connectivity index (χ1n) is 7.54. The molecule has 0 saturated carbocycles. The molecule has 0 fully saturated rings. The standard InChI is InChI=1S/C17H16N4O2/c1-10(22)21-7-6-14-13(9-21)12-8-15(19-20-17(12)18-14)11-4-2-3-5-16(11)23/h2-5,8,23H,6-7,9H2,1H3,(H,18,20). The van der Waals surface area contributed by atoms with Gasteiger partial charge in [0.1, 0.15) is 5.75 Å². The van der Waals surface area contributed by atoms with E-state index in [4.69, 9.17) is 0 Å². The fourth-order valence-corrected chi connectivity index (χ4v) is 3.10. The molecule has 0 bridgehead atoms. The highest BCUT2D eigenvalue weighted by Gasteiger charge is 2.23. The Morgan fingerprint density at radius 1 is 1.30 bits per heavy atom. The van der Waals surface area contributed by atoms with E-state index in [1.165, 1.54) is 0 Å². The maximum absolute atomic E-state index is 11.7. The number of hydrogen-bond acceptors (Lipinski definition) is 4. The molecule has 2 aromatic heterocycles. The van der Waals surface area contributed by atoms with Gasteiger partial charge in [0.25, 0.3) is 0 Å². The first kappa shape index (κ1) is 13.8. The number of H-pyrrole nitrogens is 1. The van der Waals surface area contributed by atoms with Crippen LogP contribution >= 0.6 is 0 Å². The summed E-state index contributed by atoms with van der Waals surface area (Å²) in [5, 5.41) is 19.4. The number of fused-ring (bicyclic) bond motifs is 3. The van der Waals surface area contributed by atoms with Crippen molar-refractivity contribution in [3.05, 3.63) is 41.6 Å². The van der Waals surface area contributed by atoms with Gasteiger partial charge in [-0.05, 0) is 18.2 Å². The van der Waals surface area contributed by atoms with E-state index in [2.05, 4.69) is 15.2 Å². The summed E-state index contributed by atoms with van der Waals surface area (Å²) in [7, 11) is 0. The van der Waals surface area contributed by atoms with Crippen molar-refractivity contribution in [1.82, 2.24) is 20.1 Å². The molecule has 6 nitrogen and oxygen atoms in total. The summed E-state index contributed by atoms with van der Waals surface area (Å²) >= 11 is 0. The molecule has 0 saturated heterocycles. The molecule has 1 amide bonds. The topological polar surface area (TPSA) is 82.1 Å². The summed E-state index contributed by atoms with van der Waals surface area (Å²) in [4.78, 5) is 16.8. The Labute approximate surface area is 132 Å². The number of aromatic amines is 1. The van der Waals surface area contributed by atoms with Crippen molar-refractivity contribution >= 4 is 16.9 Å². The lowest BCUT2D eigenvalue weighted by Crippen LogP contribution is -2.33. The molecule has 116 valence electrons. The maximum atomic E-state index is 11.7. The van der Waals surface area contributed by atoms with Crippen LogP contribution in [0.15, 0.2) is 30.3 Å². The minimum atomic E-state index is 0.0768. The van der Waals surface area contributed by atoms with E-state index in [1.807, 2.05) is 23.1 Å². The number of aromatic hydroxyl groups is 1.